The monoisotopic (exact) mass is 259 g/mol. The van der Waals surface area contributed by atoms with E-state index in [-0.39, 0.29) is 5.69 Å². The Morgan fingerprint density at radius 2 is 2.11 bits per heavy atom. The number of nitro groups is 1. The molecule has 0 bridgehead atoms. The Labute approximate surface area is 109 Å². The fourth-order valence-electron chi connectivity index (χ4n) is 2.54. The van der Waals surface area contributed by atoms with Gasteiger partial charge in [0.2, 0.25) is 0 Å². The number of benzene rings is 1. The zero-order chi connectivity index (χ0) is 13.6. The molecular weight excluding hydrogens is 246 g/mol. The van der Waals surface area contributed by atoms with Crippen molar-refractivity contribution in [2.75, 3.05) is 18.0 Å². The molecule has 2 heterocycles. The van der Waals surface area contributed by atoms with Crippen molar-refractivity contribution < 1.29 is 10.0 Å². The summed E-state index contributed by atoms with van der Waals surface area (Å²) in [6.07, 6.45) is 3.18. The normalized spacial score (nSPS) is 17.3. The molecule has 0 spiro atoms. The quantitative estimate of drug-likeness (QED) is 0.656. The van der Waals surface area contributed by atoms with Crippen LogP contribution in [0, 0.1) is 10.1 Å². The molecule has 0 radical (unpaired) electrons. The molecule has 98 valence electrons. The second kappa shape index (κ2) is 3.89. The molecule has 1 aliphatic rings. The van der Waals surface area contributed by atoms with Crippen molar-refractivity contribution in [1.29, 1.82) is 0 Å². The highest BCUT2D eigenvalue weighted by Gasteiger charge is 2.37. The van der Waals surface area contributed by atoms with Gasteiger partial charge in [-0.05, 0) is 19.1 Å². The number of anilines is 1. The molecule has 1 N–H and O–H groups in total. The van der Waals surface area contributed by atoms with E-state index in [1.807, 2.05) is 4.90 Å². The minimum absolute atomic E-state index is 0.0773. The molecule has 6 nitrogen and oxygen atoms in total. The lowest BCUT2D eigenvalue weighted by Gasteiger charge is -2.46. The van der Waals surface area contributed by atoms with Crippen LogP contribution in [0.25, 0.3) is 10.8 Å². The molecule has 0 saturated carbocycles. The van der Waals surface area contributed by atoms with Gasteiger partial charge in [0.05, 0.1) is 15.9 Å². The Morgan fingerprint density at radius 1 is 1.37 bits per heavy atom. The highest BCUT2D eigenvalue weighted by molar-refractivity contribution is 5.99. The molecule has 6 heteroatoms. The van der Waals surface area contributed by atoms with Crippen molar-refractivity contribution in [2.24, 2.45) is 0 Å². The SMILES string of the molecule is CC1(O)CN(c2ccc([N+](=O)[O-])c3ccncc23)C1. The van der Waals surface area contributed by atoms with Crippen molar-refractivity contribution >= 4 is 22.1 Å². The lowest BCUT2D eigenvalue weighted by Crippen LogP contribution is -2.60. The Morgan fingerprint density at radius 3 is 2.74 bits per heavy atom. The van der Waals surface area contributed by atoms with Gasteiger partial charge in [-0.25, -0.2) is 0 Å². The third-order valence-corrected chi connectivity index (χ3v) is 3.37. The van der Waals surface area contributed by atoms with Crippen molar-refractivity contribution in [1.82, 2.24) is 4.98 Å². The van der Waals surface area contributed by atoms with Gasteiger partial charge in [-0.2, -0.15) is 0 Å². The van der Waals surface area contributed by atoms with Crippen LogP contribution in [0.2, 0.25) is 0 Å². The molecule has 2 aromatic rings. The molecule has 0 atom stereocenters. The van der Waals surface area contributed by atoms with E-state index in [1.54, 1.807) is 31.5 Å². The van der Waals surface area contributed by atoms with Crippen LogP contribution in [0.15, 0.2) is 30.6 Å². The molecule has 0 unspecified atom stereocenters. The number of pyridine rings is 1. The largest absolute Gasteiger partial charge is 0.386 e. The summed E-state index contributed by atoms with van der Waals surface area (Å²) >= 11 is 0. The number of nitrogens with zero attached hydrogens (tertiary/aromatic N) is 3. The maximum atomic E-state index is 11.0. The minimum atomic E-state index is -0.684. The van der Waals surface area contributed by atoms with E-state index in [4.69, 9.17) is 0 Å². The zero-order valence-electron chi connectivity index (χ0n) is 10.4. The van der Waals surface area contributed by atoms with Crippen LogP contribution in [0.4, 0.5) is 11.4 Å². The van der Waals surface area contributed by atoms with E-state index in [0.29, 0.717) is 18.5 Å². The van der Waals surface area contributed by atoms with Gasteiger partial charge in [0.15, 0.2) is 0 Å². The Kier molecular flexibility index (Phi) is 2.43. The highest BCUT2D eigenvalue weighted by atomic mass is 16.6. The van der Waals surface area contributed by atoms with Gasteiger partial charge in [-0.15, -0.1) is 0 Å². The molecule has 0 aliphatic carbocycles. The first-order chi connectivity index (χ1) is 8.98. The summed E-state index contributed by atoms with van der Waals surface area (Å²) in [5.41, 5.74) is 0.268. The Bertz CT molecular complexity index is 661. The number of fused-ring (bicyclic) bond motifs is 1. The van der Waals surface area contributed by atoms with Gasteiger partial charge in [0.25, 0.3) is 5.69 Å². The van der Waals surface area contributed by atoms with E-state index >= 15 is 0 Å². The lowest BCUT2D eigenvalue weighted by molar-refractivity contribution is -0.383. The molecule has 19 heavy (non-hydrogen) atoms. The number of nitro benzene ring substituents is 1. The summed E-state index contributed by atoms with van der Waals surface area (Å²) < 4.78 is 0. The summed E-state index contributed by atoms with van der Waals surface area (Å²) in [7, 11) is 0. The predicted molar refractivity (Wildman–Crippen MR) is 71.2 cm³/mol. The van der Waals surface area contributed by atoms with Crippen LogP contribution in [-0.4, -0.2) is 33.7 Å². The fourth-order valence-corrected chi connectivity index (χ4v) is 2.54. The average Bonchev–Trinajstić information content (AvgIpc) is 2.34. The summed E-state index contributed by atoms with van der Waals surface area (Å²) in [6.45, 7) is 2.82. The number of hydrogen-bond acceptors (Lipinski definition) is 5. The predicted octanol–water partition coefficient (Wildman–Crippen LogP) is 1.71. The Balaban J connectivity index is 2.13. The second-order valence-corrected chi connectivity index (χ2v) is 5.14. The third kappa shape index (κ3) is 1.90. The molecule has 1 saturated heterocycles. The van der Waals surface area contributed by atoms with E-state index < -0.39 is 10.5 Å². The molecule has 1 aromatic carbocycles. The average molecular weight is 259 g/mol. The van der Waals surface area contributed by atoms with Crippen molar-refractivity contribution in [3.63, 3.8) is 0 Å². The molecule has 0 amide bonds. The third-order valence-electron chi connectivity index (χ3n) is 3.37. The number of aliphatic hydroxyl groups is 1. The number of hydrogen-bond donors (Lipinski definition) is 1. The molecular formula is C13H13N3O3. The summed E-state index contributed by atoms with van der Waals surface area (Å²) in [5.74, 6) is 0. The minimum Gasteiger partial charge on any atom is -0.386 e. The van der Waals surface area contributed by atoms with Crippen molar-refractivity contribution in [3.8, 4) is 0 Å². The standard InChI is InChI=1S/C13H13N3O3/c1-13(17)7-15(8-13)11-2-3-12(16(18)19)9-4-5-14-6-10(9)11/h2-6,17H,7-8H2,1H3. The van der Waals surface area contributed by atoms with Crippen LogP contribution >= 0.6 is 0 Å². The maximum Gasteiger partial charge on any atom is 0.277 e. The van der Waals surface area contributed by atoms with E-state index in [1.165, 1.54) is 6.07 Å². The van der Waals surface area contributed by atoms with Crippen LogP contribution in [-0.2, 0) is 0 Å². The van der Waals surface area contributed by atoms with Gasteiger partial charge in [-0.1, -0.05) is 0 Å². The topological polar surface area (TPSA) is 79.5 Å². The maximum absolute atomic E-state index is 11.0. The molecule has 1 fully saturated rings. The molecule has 1 aromatic heterocycles. The lowest BCUT2D eigenvalue weighted by atomic mass is 9.95. The van der Waals surface area contributed by atoms with Gasteiger partial charge < -0.3 is 10.0 Å². The van der Waals surface area contributed by atoms with Crippen molar-refractivity contribution in [2.45, 2.75) is 12.5 Å². The second-order valence-electron chi connectivity index (χ2n) is 5.14. The van der Waals surface area contributed by atoms with E-state index in [0.717, 1.165) is 11.1 Å². The smallest absolute Gasteiger partial charge is 0.277 e. The van der Waals surface area contributed by atoms with Crippen LogP contribution in [0.3, 0.4) is 0 Å². The fraction of sp³-hybridized carbons (Fsp3) is 0.308. The zero-order valence-corrected chi connectivity index (χ0v) is 10.4. The van der Waals surface area contributed by atoms with Crippen LogP contribution in [0.1, 0.15) is 6.92 Å². The summed E-state index contributed by atoms with van der Waals surface area (Å²) in [5, 5.41) is 22.1. The number of aromatic nitrogens is 1. The molecule has 1 aliphatic heterocycles. The highest BCUT2D eigenvalue weighted by Crippen LogP contribution is 2.36. The van der Waals surface area contributed by atoms with E-state index in [2.05, 4.69) is 4.98 Å². The van der Waals surface area contributed by atoms with Crippen molar-refractivity contribution in [3.05, 3.63) is 40.7 Å². The first-order valence-corrected chi connectivity index (χ1v) is 5.96. The van der Waals surface area contributed by atoms with Crippen LogP contribution < -0.4 is 4.90 Å². The van der Waals surface area contributed by atoms with Gasteiger partial charge in [0.1, 0.15) is 0 Å². The summed E-state index contributed by atoms with van der Waals surface area (Å²) in [6, 6.07) is 4.87. The number of β-amino-alcohol motifs (C(OH)–C–C–N with tert-alkyl or cyclic N) is 1. The van der Waals surface area contributed by atoms with Gasteiger partial charge in [-0.3, -0.25) is 15.1 Å². The summed E-state index contributed by atoms with van der Waals surface area (Å²) in [4.78, 5) is 16.7. The molecule has 3 rings (SSSR count). The first kappa shape index (κ1) is 11.9. The van der Waals surface area contributed by atoms with Gasteiger partial charge >= 0.3 is 0 Å². The Hall–Kier alpha value is -2.21. The first-order valence-electron chi connectivity index (χ1n) is 5.96. The number of non-ortho nitro benzene ring substituents is 1. The van der Waals surface area contributed by atoms with Crippen LogP contribution in [0.5, 0.6) is 0 Å². The van der Waals surface area contributed by atoms with E-state index in [9.17, 15) is 15.2 Å². The number of rotatable bonds is 2. The van der Waals surface area contributed by atoms with Gasteiger partial charge in [0, 0.05) is 42.6 Å².